The topological polar surface area (TPSA) is 72.3 Å². The summed E-state index contributed by atoms with van der Waals surface area (Å²) in [5.41, 5.74) is 0.746. The van der Waals surface area contributed by atoms with E-state index in [0.717, 1.165) is 5.56 Å². The number of hydrogen-bond acceptors (Lipinski definition) is 7. The number of aromatic nitrogens is 1. The lowest BCUT2D eigenvalue weighted by atomic mass is 10.0. The Morgan fingerprint density at radius 1 is 1.30 bits per heavy atom. The highest BCUT2D eigenvalue weighted by Crippen LogP contribution is 2.42. The minimum atomic E-state index is -0.581. The van der Waals surface area contributed by atoms with Crippen LogP contribution >= 0.6 is 23.1 Å². The van der Waals surface area contributed by atoms with Crippen LogP contribution < -0.4 is 9.47 Å². The molecule has 2 aromatic rings. The normalized spacial score (nSPS) is 19.4. The minimum Gasteiger partial charge on any atom is -0.493 e. The van der Waals surface area contributed by atoms with Crippen LogP contribution in [0.1, 0.15) is 16.5 Å². The number of benzene rings is 1. The van der Waals surface area contributed by atoms with E-state index in [4.69, 9.17) is 14.9 Å². The number of Topliss-reactive ketones (excluding diaryl/α,β-unsaturated/α-hetero) is 1. The highest BCUT2D eigenvalue weighted by Gasteiger charge is 2.38. The first-order valence-corrected chi connectivity index (χ1v) is 8.48. The molecule has 3 rings (SSSR count). The number of nitrogens with one attached hydrogen (secondary N) is 1. The van der Waals surface area contributed by atoms with E-state index in [1.807, 2.05) is 17.5 Å². The smallest absolute Gasteiger partial charge is 0.186 e. The molecule has 0 radical (unpaired) electrons. The molecule has 0 saturated carbocycles. The zero-order valence-corrected chi connectivity index (χ0v) is 14.2. The molecule has 118 valence electrons. The molecule has 0 spiro atoms. The molecule has 7 heteroatoms. The number of thiazole rings is 1. The third-order valence-electron chi connectivity index (χ3n) is 3.41. The van der Waals surface area contributed by atoms with Gasteiger partial charge in [0.1, 0.15) is 10.9 Å². The van der Waals surface area contributed by atoms with Crippen LogP contribution in [0.25, 0.3) is 6.08 Å². The fourth-order valence-corrected chi connectivity index (χ4v) is 4.15. The second kappa shape index (κ2) is 6.55. The number of ether oxygens (including phenoxy) is 2. The summed E-state index contributed by atoms with van der Waals surface area (Å²) >= 11 is 2.56. The molecule has 1 aliphatic heterocycles. The third kappa shape index (κ3) is 2.89. The molecular weight excluding hydrogens is 332 g/mol. The van der Waals surface area contributed by atoms with Crippen molar-refractivity contribution in [2.24, 2.45) is 0 Å². The van der Waals surface area contributed by atoms with Gasteiger partial charge in [-0.2, -0.15) is 0 Å². The van der Waals surface area contributed by atoms with Crippen molar-refractivity contribution in [2.75, 3.05) is 14.2 Å². The molecule has 5 nitrogen and oxygen atoms in total. The number of carbonyl (C=O) groups is 1. The molecule has 1 saturated heterocycles. The number of methoxy groups -OCH3 is 2. The Balaban J connectivity index is 1.99. The second-order valence-electron chi connectivity index (χ2n) is 4.73. The Morgan fingerprint density at radius 3 is 2.78 bits per heavy atom. The van der Waals surface area contributed by atoms with Gasteiger partial charge in [0.05, 0.1) is 24.2 Å². The van der Waals surface area contributed by atoms with Gasteiger partial charge in [0.2, 0.25) is 0 Å². The number of ketones is 1. The highest BCUT2D eigenvalue weighted by atomic mass is 32.2. The fourth-order valence-electron chi connectivity index (χ4n) is 2.36. The van der Waals surface area contributed by atoms with Gasteiger partial charge in [0.25, 0.3) is 0 Å². The van der Waals surface area contributed by atoms with Gasteiger partial charge in [0, 0.05) is 17.1 Å². The first-order chi connectivity index (χ1) is 11.2. The summed E-state index contributed by atoms with van der Waals surface area (Å²) in [6.07, 6.45) is 3.40. The molecule has 1 aromatic carbocycles. The quantitative estimate of drug-likeness (QED) is 0.857. The second-order valence-corrected chi connectivity index (χ2v) is 6.74. The molecule has 2 heterocycles. The summed E-state index contributed by atoms with van der Waals surface area (Å²) in [7, 11) is 3.13. The average molecular weight is 346 g/mol. The van der Waals surface area contributed by atoms with Crippen LogP contribution in [-0.2, 0) is 4.79 Å². The molecular formula is C16H14N2O3S2. The molecule has 1 atom stereocenters. The van der Waals surface area contributed by atoms with Crippen LogP contribution in [-0.4, -0.2) is 30.0 Å². The SMILES string of the molecule is COc1cccc(/C=C2\SC(=N)[C@@H](c3nccs3)C2=O)c1OC. The van der Waals surface area contributed by atoms with Gasteiger partial charge < -0.3 is 9.47 Å². The standard InChI is InChI=1S/C16H14N2O3S2/c1-20-10-5-3-4-9(14(10)21-2)8-11-13(19)12(15(17)23-11)16-18-6-7-22-16/h3-8,12,17H,1-2H3/b11-8-,17-15?/t12-/m0/s1. The van der Waals surface area contributed by atoms with Gasteiger partial charge in [-0.3, -0.25) is 10.2 Å². The van der Waals surface area contributed by atoms with Crippen molar-refractivity contribution in [2.45, 2.75) is 5.92 Å². The van der Waals surface area contributed by atoms with E-state index >= 15 is 0 Å². The van der Waals surface area contributed by atoms with E-state index in [1.165, 1.54) is 23.1 Å². The van der Waals surface area contributed by atoms with Gasteiger partial charge >= 0.3 is 0 Å². The van der Waals surface area contributed by atoms with Crippen LogP contribution in [0.4, 0.5) is 0 Å². The molecule has 1 aliphatic rings. The maximum Gasteiger partial charge on any atom is 0.186 e. The largest absolute Gasteiger partial charge is 0.493 e. The van der Waals surface area contributed by atoms with Crippen LogP contribution in [0, 0.1) is 5.41 Å². The maximum absolute atomic E-state index is 12.6. The fraction of sp³-hybridized carbons (Fsp3) is 0.188. The van der Waals surface area contributed by atoms with Crippen LogP contribution in [0.3, 0.4) is 0 Å². The number of allylic oxidation sites excluding steroid dienone is 1. The van der Waals surface area contributed by atoms with E-state index in [9.17, 15) is 4.79 Å². The number of hydrogen-bond donors (Lipinski definition) is 1. The molecule has 0 bridgehead atoms. The van der Waals surface area contributed by atoms with Crippen molar-refractivity contribution >= 4 is 40.0 Å². The van der Waals surface area contributed by atoms with Crippen molar-refractivity contribution in [1.82, 2.24) is 4.98 Å². The average Bonchev–Trinajstić information content (AvgIpc) is 3.16. The molecule has 0 aliphatic carbocycles. The molecule has 0 amide bonds. The van der Waals surface area contributed by atoms with E-state index < -0.39 is 5.92 Å². The van der Waals surface area contributed by atoms with E-state index in [0.29, 0.717) is 26.5 Å². The number of thioether (sulfide) groups is 1. The van der Waals surface area contributed by atoms with Crippen LogP contribution in [0.15, 0.2) is 34.7 Å². The zero-order chi connectivity index (χ0) is 16.4. The first-order valence-electron chi connectivity index (χ1n) is 6.78. The molecule has 1 N–H and O–H groups in total. The van der Waals surface area contributed by atoms with E-state index in [1.54, 1.807) is 32.6 Å². The third-order valence-corrected chi connectivity index (χ3v) is 5.24. The predicted molar refractivity (Wildman–Crippen MR) is 92.7 cm³/mol. The molecule has 1 fully saturated rings. The lowest BCUT2D eigenvalue weighted by Crippen LogP contribution is -2.11. The van der Waals surface area contributed by atoms with Crippen molar-refractivity contribution in [3.63, 3.8) is 0 Å². The summed E-state index contributed by atoms with van der Waals surface area (Å²) in [6, 6.07) is 5.48. The van der Waals surface area contributed by atoms with Gasteiger partial charge in [-0.1, -0.05) is 23.9 Å². The van der Waals surface area contributed by atoms with Gasteiger partial charge in [-0.15, -0.1) is 11.3 Å². The van der Waals surface area contributed by atoms with Gasteiger partial charge in [-0.25, -0.2) is 4.98 Å². The molecule has 0 unspecified atom stereocenters. The van der Waals surface area contributed by atoms with Gasteiger partial charge in [-0.05, 0) is 12.1 Å². The zero-order valence-electron chi connectivity index (χ0n) is 12.5. The van der Waals surface area contributed by atoms with Crippen LogP contribution in [0.2, 0.25) is 0 Å². The highest BCUT2D eigenvalue weighted by molar-refractivity contribution is 8.19. The summed E-state index contributed by atoms with van der Waals surface area (Å²) < 4.78 is 10.7. The Labute approximate surface area is 141 Å². The summed E-state index contributed by atoms with van der Waals surface area (Å²) in [5, 5.41) is 10.9. The van der Waals surface area contributed by atoms with Crippen LogP contribution in [0.5, 0.6) is 11.5 Å². The Morgan fingerprint density at radius 2 is 2.13 bits per heavy atom. The van der Waals surface area contributed by atoms with E-state index in [2.05, 4.69) is 4.98 Å². The van der Waals surface area contributed by atoms with Crippen molar-refractivity contribution in [3.05, 3.63) is 45.3 Å². The van der Waals surface area contributed by atoms with Gasteiger partial charge in [0.15, 0.2) is 17.3 Å². The number of carbonyl (C=O) groups excluding carboxylic acids is 1. The lowest BCUT2D eigenvalue weighted by Gasteiger charge is -2.10. The van der Waals surface area contributed by atoms with Crippen molar-refractivity contribution < 1.29 is 14.3 Å². The molecule has 23 heavy (non-hydrogen) atoms. The summed E-state index contributed by atoms with van der Waals surface area (Å²) in [6.45, 7) is 0. The monoisotopic (exact) mass is 346 g/mol. The number of para-hydroxylation sites is 1. The Hall–Kier alpha value is -2.12. The van der Waals surface area contributed by atoms with E-state index in [-0.39, 0.29) is 5.78 Å². The van der Waals surface area contributed by atoms with Crippen molar-refractivity contribution in [3.8, 4) is 11.5 Å². The van der Waals surface area contributed by atoms with Crippen molar-refractivity contribution in [1.29, 1.82) is 5.41 Å². The number of nitrogens with zero attached hydrogens (tertiary/aromatic N) is 1. The lowest BCUT2D eigenvalue weighted by molar-refractivity contribution is -0.114. The Bertz CT molecular complexity index is 785. The molecule has 1 aromatic heterocycles. The Kier molecular flexibility index (Phi) is 4.49. The number of rotatable bonds is 4. The maximum atomic E-state index is 12.6. The predicted octanol–water partition coefficient (Wildman–Crippen LogP) is 3.58. The summed E-state index contributed by atoms with van der Waals surface area (Å²) in [4.78, 5) is 17.3. The summed E-state index contributed by atoms with van der Waals surface area (Å²) in [5.74, 6) is 0.492. The minimum absolute atomic E-state index is 0.0974. The first kappa shape index (κ1) is 15.8.